The number of hydrogen-bond acceptors (Lipinski definition) is 3. The molecule has 1 N–H and O–H groups in total. The topological polar surface area (TPSA) is 37.8 Å². The molecule has 0 fully saturated rings. The highest BCUT2D eigenvalue weighted by Crippen LogP contribution is 2.32. The molecule has 0 unspecified atom stereocenters. The summed E-state index contributed by atoms with van der Waals surface area (Å²) in [6.45, 7) is 3.60. The molecule has 1 heterocycles. The average molecular weight is 331 g/mol. The lowest BCUT2D eigenvalue weighted by molar-refractivity contribution is -0.138. The molecule has 124 valence electrons. The van der Waals surface area contributed by atoms with Crippen molar-refractivity contribution in [2.75, 3.05) is 5.32 Å². The van der Waals surface area contributed by atoms with Gasteiger partial charge in [-0.15, -0.1) is 6.42 Å². The second-order valence-corrected chi connectivity index (χ2v) is 5.06. The number of hydrogen-bond donors (Lipinski definition) is 1. The van der Waals surface area contributed by atoms with Crippen LogP contribution in [0.5, 0.6) is 0 Å². The first-order valence-electron chi connectivity index (χ1n) is 7.23. The largest absolute Gasteiger partial charge is 0.416 e. The summed E-state index contributed by atoms with van der Waals surface area (Å²) in [4.78, 5) is 8.37. The molecule has 2 rings (SSSR count). The first-order chi connectivity index (χ1) is 11.4. The van der Waals surface area contributed by atoms with E-state index in [-0.39, 0.29) is 17.9 Å². The van der Waals surface area contributed by atoms with Crippen molar-refractivity contribution in [3.63, 3.8) is 0 Å². The summed E-state index contributed by atoms with van der Waals surface area (Å²) in [7, 11) is 0. The molecule has 1 aromatic carbocycles. The van der Waals surface area contributed by atoms with E-state index in [2.05, 4.69) is 21.2 Å². The molecular weight excluding hydrogens is 315 g/mol. The second-order valence-electron chi connectivity index (χ2n) is 5.06. The third-order valence-corrected chi connectivity index (χ3v) is 3.41. The van der Waals surface area contributed by atoms with Crippen LogP contribution in [0, 0.1) is 19.3 Å². The lowest BCUT2D eigenvalue weighted by Gasteiger charge is -2.15. The Labute approximate surface area is 138 Å². The number of terminal acetylenes is 1. The maximum absolute atomic E-state index is 13.0. The van der Waals surface area contributed by atoms with Gasteiger partial charge in [0.15, 0.2) is 0 Å². The SMILES string of the molecule is C#Cc1nc(/C=C\C)c(C)c(NCc2ccccc2C(F)(F)F)n1. The minimum absolute atomic E-state index is 0.0210. The average Bonchev–Trinajstić information content (AvgIpc) is 2.55. The van der Waals surface area contributed by atoms with Crippen molar-refractivity contribution >= 4 is 11.9 Å². The summed E-state index contributed by atoms with van der Waals surface area (Å²) in [6.07, 6.45) is 4.52. The van der Waals surface area contributed by atoms with Gasteiger partial charge in [-0.1, -0.05) is 24.3 Å². The lowest BCUT2D eigenvalue weighted by Crippen LogP contribution is -2.13. The maximum atomic E-state index is 13.0. The number of nitrogens with one attached hydrogen (secondary N) is 1. The van der Waals surface area contributed by atoms with E-state index >= 15 is 0 Å². The molecular formula is C18H16F3N3. The van der Waals surface area contributed by atoms with Gasteiger partial charge >= 0.3 is 6.18 Å². The Morgan fingerprint density at radius 3 is 2.58 bits per heavy atom. The zero-order chi connectivity index (χ0) is 17.7. The highest BCUT2D eigenvalue weighted by molar-refractivity contribution is 5.58. The summed E-state index contributed by atoms with van der Waals surface area (Å²) in [5.74, 6) is 2.95. The normalized spacial score (nSPS) is 11.5. The maximum Gasteiger partial charge on any atom is 0.416 e. The van der Waals surface area contributed by atoms with Crippen LogP contribution in [-0.4, -0.2) is 9.97 Å². The minimum atomic E-state index is -4.40. The van der Waals surface area contributed by atoms with Crippen molar-refractivity contribution in [1.29, 1.82) is 0 Å². The van der Waals surface area contributed by atoms with Crippen LogP contribution in [0.3, 0.4) is 0 Å². The van der Waals surface area contributed by atoms with Gasteiger partial charge in [-0.05, 0) is 37.5 Å². The standard InChI is InChI=1S/C18H16F3N3/c1-4-8-15-12(3)17(24-16(5-2)23-15)22-11-13-9-6-7-10-14(13)18(19,20)21/h2,4,6-10H,11H2,1,3H3,(H,22,23,24)/b8-4-. The van der Waals surface area contributed by atoms with E-state index in [4.69, 9.17) is 6.42 Å². The zero-order valence-corrected chi connectivity index (χ0v) is 13.3. The molecule has 0 bridgehead atoms. The van der Waals surface area contributed by atoms with Crippen molar-refractivity contribution < 1.29 is 13.2 Å². The number of alkyl halides is 3. The molecule has 0 amide bonds. The van der Waals surface area contributed by atoms with E-state index in [0.717, 1.165) is 11.6 Å². The van der Waals surface area contributed by atoms with Crippen LogP contribution in [0.15, 0.2) is 30.3 Å². The number of halogens is 3. The van der Waals surface area contributed by atoms with Gasteiger partial charge in [0.1, 0.15) is 5.82 Å². The smallest absolute Gasteiger partial charge is 0.366 e. The predicted molar refractivity (Wildman–Crippen MR) is 88.2 cm³/mol. The van der Waals surface area contributed by atoms with Gasteiger partial charge in [0.2, 0.25) is 5.82 Å². The molecule has 0 spiro atoms. The first kappa shape index (κ1) is 17.5. The van der Waals surface area contributed by atoms with Crippen LogP contribution in [-0.2, 0) is 12.7 Å². The molecule has 6 heteroatoms. The molecule has 24 heavy (non-hydrogen) atoms. The van der Waals surface area contributed by atoms with Crippen molar-refractivity contribution in [3.05, 3.63) is 58.6 Å². The Bertz CT molecular complexity index is 802. The Morgan fingerprint density at radius 2 is 1.96 bits per heavy atom. The van der Waals surface area contributed by atoms with Crippen molar-refractivity contribution in [1.82, 2.24) is 9.97 Å². The quantitative estimate of drug-likeness (QED) is 0.842. The highest BCUT2D eigenvalue weighted by atomic mass is 19.4. The molecule has 0 saturated carbocycles. The van der Waals surface area contributed by atoms with E-state index < -0.39 is 11.7 Å². The Morgan fingerprint density at radius 1 is 1.25 bits per heavy atom. The molecule has 2 aromatic rings. The Kier molecular flexibility index (Phi) is 5.24. The molecule has 1 aromatic heterocycles. The molecule has 0 aliphatic carbocycles. The van der Waals surface area contributed by atoms with E-state index in [9.17, 15) is 13.2 Å². The third-order valence-electron chi connectivity index (χ3n) is 3.41. The van der Waals surface area contributed by atoms with Gasteiger partial charge in [0.25, 0.3) is 0 Å². The molecule has 0 atom stereocenters. The van der Waals surface area contributed by atoms with Crippen LogP contribution in [0.25, 0.3) is 6.08 Å². The van der Waals surface area contributed by atoms with Crippen LogP contribution < -0.4 is 5.32 Å². The number of aromatic nitrogens is 2. The first-order valence-corrected chi connectivity index (χ1v) is 7.23. The number of nitrogens with zero attached hydrogens (tertiary/aromatic N) is 2. The summed E-state index contributed by atoms with van der Waals surface area (Å²) < 4.78 is 39.1. The van der Waals surface area contributed by atoms with Gasteiger partial charge in [0.05, 0.1) is 11.3 Å². The lowest BCUT2D eigenvalue weighted by atomic mass is 10.1. The highest BCUT2D eigenvalue weighted by Gasteiger charge is 2.32. The summed E-state index contributed by atoms with van der Waals surface area (Å²) in [5.41, 5.74) is 0.816. The molecule has 0 radical (unpaired) electrons. The third kappa shape index (κ3) is 3.93. The van der Waals surface area contributed by atoms with Gasteiger partial charge in [-0.2, -0.15) is 13.2 Å². The molecule has 0 saturated heterocycles. The van der Waals surface area contributed by atoms with Crippen molar-refractivity contribution in [3.8, 4) is 12.3 Å². The van der Waals surface area contributed by atoms with Crippen LogP contribution in [0.2, 0.25) is 0 Å². The summed E-state index contributed by atoms with van der Waals surface area (Å²) in [5, 5.41) is 2.93. The van der Waals surface area contributed by atoms with Crippen LogP contribution in [0.4, 0.5) is 19.0 Å². The van der Waals surface area contributed by atoms with E-state index in [1.807, 2.05) is 6.92 Å². The van der Waals surface area contributed by atoms with E-state index in [1.165, 1.54) is 12.1 Å². The Hall–Kier alpha value is -2.81. The number of allylic oxidation sites excluding steroid dienone is 1. The Balaban J connectivity index is 2.34. The van der Waals surface area contributed by atoms with E-state index in [0.29, 0.717) is 11.5 Å². The van der Waals surface area contributed by atoms with Gasteiger partial charge in [-0.3, -0.25) is 0 Å². The summed E-state index contributed by atoms with van der Waals surface area (Å²) in [6, 6.07) is 5.42. The molecule has 0 aliphatic rings. The fraction of sp³-hybridized carbons (Fsp3) is 0.222. The number of rotatable bonds is 4. The fourth-order valence-corrected chi connectivity index (χ4v) is 2.22. The van der Waals surface area contributed by atoms with Gasteiger partial charge in [-0.25, -0.2) is 9.97 Å². The second kappa shape index (κ2) is 7.18. The number of benzene rings is 1. The fourth-order valence-electron chi connectivity index (χ4n) is 2.22. The predicted octanol–water partition coefficient (Wildman–Crippen LogP) is 4.43. The van der Waals surface area contributed by atoms with Crippen LogP contribution >= 0.6 is 0 Å². The molecule has 3 nitrogen and oxygen atoms in total. The summed E-state index contributed by atoms with van der Waals surface area (Å²) >= 11 is 0. The molecule has 0 aliphatic heterocycles. The zero-order valence-electron chi connectivity index (χ0n) is 13.3. The van der Waals surface area contributed by atoms with Gasteiger partial charge < -0.3 is 5.32 Å². The minimum Gasteiger partial charge on any atom is -0.366 e. The van der Waals surface area contributed by atoms with Crippen LogP contribution in [0.1, 0.15) is 35.1 Å². The monoisotopic (exact) mass is 331 g/mol. The number of anilines is 1. The van der Waals surface area contributed by atoms with Gasteiger partial charge in [0, 0.05) is 12.1 Å². The van der Waals surface area contributed by atoms with Crippen molar-refractivity contribution in [2.24, 2.45) is 0 Å². The van der Waals surface area contributed by atoms with Crippen molar-refractivity contribution in [2.45, 2.75) is 26.6 Å². The van der Waals surface area contributed by atoms with E-state index in [1.54, 1.807) is 25.1 Å².